The van der Waals surface area contributed by atoms with Gasteiger partial charge in [0.2, 0.25) is 5.71 Å². The SMILES string of the molecule is CC(C)Cc1ccc2c(n1)oc1c(-c3nc4ccccc4n3-c3c(-c4ccccc4)cccc3-c3ccccc3)cccc12. The lowest BCUT2D eigenvalue weighted by molar-refractivity contribution is 0.621. The van der Waals surface area contributed by atoms with Crippen molar-refractivity contribution in [1.82, 2.24) is 14.5 Å². The first-order chi connectivity index (χ1) is 21.7. The Hall–Kier alpha value is -5.48. The summed E-state index contributed by atoms with van der Waals surface area (Å²) in [7, 11) is 0. The fourth-order valence-electron chi connectivity index (χ4n) is 6.34. The van der Waals surface area contributed by atoms with E-state index in [1.165, 1.54) is 0 Å². The van der Waals surface area contributed by atoms with Crippen LogP contribution in [0.4, 0.5) is 0 Å². The van der Waals surface area contributed by atoms with Gasteiger partial charge in [-0.15, -0.1) is 0 Å². The van der Waals surface area contributed by atoms with Crippen molar-refractivity contribution in [3.8, 4) is 39.3 Å². The monoisotopic (exact) mass is 569 g/mol. The molecule has 44 heavy (non-hydrogen) atoms. The highest BCUT2D eigenvalue weighted by Crippen LogP contribution is 2.42. The van der Waals surface area contributed by atoms with Crippen LogP contribution in [0.15, 0.2) is 138 Å². The summed E-state index contributed by atoms with van der Waals surface area (Å²) in [5, 5.41) is 2.06. The van der Waals surface area contributed by atoms with Gasteiger partial charge in [0.05, 0.1) is 22.3 Å². The number of rotatable bonds is 6. The van der Waals surface area contributed by atoms with Crippen LogP contribution in [-0.2, 0) is 6.42 Å². The van der Waals surface area contributed by atoms with Gasteiger partial charge in [-0.1, -0.05) is 117 Å². The lowest BCUT2D eigenvalue weighted by Gasteiger charge is -2.19. The van der Waals surface area contributed by atoms with Gasteiger partial charge in [0.25, 0.3) is 0 Å². The average molecular weight is 570 g/mol. The average Bonchev–Trinajstić information content (AvgIpc) is 3.63. The molecule has 0 aliphatic heterocycles. The highest BCUT2D eigenvalue weighted by molar-refractivity contribution is 6.09. The quantitative estimate of drug-likeness (QED) is 0.200. The molecule has 0 amide bonds. The molecule has 0 saturated heterocycles. The molecule has 0 unspecified atom stereocenters. The van der Waals surface area contributed by atoms with Gasteiger partial charge in [0.1, 0.15) is 11.4 Å². The molecule has 0 saturated carbocycles. The first-order valence-electron chi connectivity index (χ1n) is 15.2. The van der Waals surface area contributed by atoms with Crippen molar-refractivity contribution >= 4 is 33.1 Å². The highest BCUT2D eigenvalue weighted by atomic mass is 16.3. The van der Waals surface area contributed by atoms with E-state index in [9.17, 15) is 0 Å². The van der Waals surface area contributed by atoms with E-state index >= 15 is 0 Å². The van der Waals surface area contributed by atoms with E-state index in [4.69, 9.17) is 14.4 Å². The van der Waals surface area contributed by atoms with Crippen LogP contribution in [0.1, 0.15) is 19.5 Å². The molecule has 0 N–H and O–H groups in total. The molecule has 0 aliphatic carbocycles. The molecule has 8 rings (SSSR count). The first kappa shape index (κ1) is 26.2. The predicted molar refractivity (Wildman–Crippen MR) is 181 cm³/mol. The first-order valence-corrected chi connectivity index (χ1v) is 15.2. The normalized spacial score (nSPS) is 11.7. The van der Waals surface area contributed by atoms with Crippen LogP contribution in [0, 0.1) is 5.92 Å². The zero-order valence-corrected chi connectivity index (χ0v) is 24.7. The molecule has 4 nitrogen and oxygen atoms in total. The third-order valence-corrected chi connectivity index (χ3v) is 8.27. The molecule has 0 atom stereocenters. The van der Waals surface area contributed by atoms with Gasteiger partial charge in [-0.3, -0.25) is 4.57 Å². The standard InChI is InChI=1S/C40H31N3O/c1-26(2)25-29-23-24-33-32-19-12-20-34(38(32)44-40(33)41-29)39-42-35-21-9-10-22-36(35)43(39)37-30(27-13-5-3-6-14-27)17-11-18-31(37)28-15-7-4-8-16-28/h3-24,26H,25H2,1-2H3. The summed E-state index contributed by atoms with van der Waals surface area (Å²) in [6, 6.07) is 46.7. The molecule has 0 spiro atoms. The zero-order valence-electron chi connectivity index (χ0n) is 24.7. The van der Waals surface area contributed by atoms with Gasteiger partial charge in [0.15, 0.2) is 0 Å². The van der Waals surface area contributed by atoms with Crippen molar-refractivity contribution in [2.45, 2.75) is 20.3 Å². The molecule has 212 valence electrons. The molecule has 5 aromatic carbocycles. The molecule has 0 bridgehead atoms. The van der Waals surface area contributed by atoms with E-state index in [2.05, 4.69) is 146 Å². The van der Waals surface area contributed by atoms with Crippen LogP contribution < -0.4 is 0 Å². The molecule has 0 radical (unpaired) electrons. The summed E-state index contributed by atoms with van der Waals surface area (Å²) in [5.41, 5.74) is 11.0. The number of furan rings is 1. The maximum absolute atomic E-state index is 6.61. The number of benzene rings is 5. The number of hydrogen-bond donors (Lipinski definition) is 0. The molecule has 8 aromatic rings. The number of nitrogens with zero attached hydrogens (tertiary/aromatic N) is 3. The van der Waals surface area contributed by atoms with Crippen LogP contribution in [0.2, 0.25) is 0 Å². The van der Waals surface area contributed by atoms with Crippen LogP contribution in [0.25, 0.3) is 72.4 Å². The summed E-state index contributed by atoms with van der Waals surface area (Å²) in [5.74, 6) is 1.35. The fraction of sp³-hybridized carbons (Fsp3) is 0.100. The lowest BCUT2D eigenvalue weighted by atomic mass is 9.95. The molecule has 3 heterocycles. The minimum atomic E-state index is 0.517. The Balaban J connectivity index is 1.46. The minimum Gasteiger partial charge on any atom is -0.437 e. The molecule has 3 aromatic heterocycles. The Morgan fingerprint density at radius 3 is 1.93 bits per heavy atom. The van der Waals surface area contributed by atoms with Crippen molar-refractivity contribution in [3.05, 3.63) is 139 Å². The predicted octanol–water partition coefficient (Wildman–Crippen LogP) is 10.5. The van der Waals surface area contributed by atoms with Crippen molar-refractivity contribution in [2.24, 2.45) is 5.92 Å². The minimum absolute atomic E-state index is 0.517. The Morgan fingerprint density at radius 2 is 1.23 bits per heavy atom. The Labute approximate surface area is 256 Å². The van der Waals surface area contributed by atoms with Crippen LogP contribution >= 0.6 is 0 Å². The molecule has 0 aliphatic rings. The van der Waals surface area contributed by atoms with Gasteiger partial charge in [-0.05, 0) is 53.8 Å². The number of fused-ring (bicyclic) bond motifs is 4. The van der Waals surface area contributed by atoms with E-state index in [1.807, 2.05) is 6.07 Å². The number of pyridine rings is 1. The number of imidazole rings is 1. The highest BCUT2D eigenvalue weighted by Gasteiger charge is 2.24. The maximum Gasteiger partial charge on any atom is 0.227 e. The molecular weight excluding hydrogens is 538 g/mol. The summed E-state index contributed by atoms with van der Waals surface area (Å²) >= 11 is 0. The largest absolute Gasteiger partial charge is 0.437 e. The second kappa shape index (κ2) is 10.7. The molecular formula is C40H31N3O. The smallest absolute Gasteiger partial charge is 0.227 e. The Bertz CT molecular complexity index is 2220. The van der Waals surface area contributed by atoms with Gasteiger partial charge in [-0.2, -0.15) is 0 Å². The fourth-order valence-corrected chi connectivity index (χ4v) is 6.34. The third kappa shape index (κ3) is 4.38. The van der Waals surface area contributed by atoms with Crippen LogP contribution in [-0.4, -0.2) is 14.5 Å². The summed E-state index contributed by atoms with van der Waals surface area (Å²) in [6.45, 7) is 4.42. The van der Waals surface area contributed by atoms with E-state index in [0.717, 1.165) is 78.8 Å². The Kier molecular flexibility index (Phi) is 6.34. The topological polar surface area (TPSA) is 43.9 Å². The summed E-state index contributed by atoms with van der Waals surface area (Å²) in [4.78, 5) is 10.2. The Morgan fingerprint density at radius 1 is 0.591 bits per heavy atom. The van der Waals surface area contributed by atoms with Gasteiger partial charge in [0, 0.05) is 27.6 Å². The second-order valence-electron chi connectivity index (χ2n) is 11.7. The van der Waals surface area contributed by atoms with Crippen LogP contribution in [0.5, 0.6) is 0 Å². The number of para-hydroxylation sites is 4. The van der Waals surface area contributed by atoms with Crippen molar-refractivity contribution in [3.63, 3.8) is 0 Å². The third-order valence-electron chi connectivity index (χ3n) is 8.27. The van der Waals surface area contributed by atoms with Crippen molar-refractivity contribution in [1.29, 1.82) is 0 Å². The van der Waals surface area contributed by atoms with Crippen molar-refractivity contribution < 1.29 is 4.42 Å². The van der Waals surface area contributed by atoms with E-state index in [0.29, 0.717) is 11.6 Å². The van der Waals surface area contributed by atoms with Gasteiger partial charge in [-0.25, -0.2) is 9.97 Å². The second-order valence-corrected chi connectivity index (χ2v) is 11.7. The van der Waals surface area contributed by atoms with E-state index in [-0.39, 0.29) is 0 Å². The zero-order chi connectivity index (χ0) is 29.6. The summed E-state index contributed by atoms with van der Waals surface area (Å²) < 4.78 is 8.93. The van der Waals surface area contributed by atoms with E-state index < -0.39 is 0 Å². The summed E-state index contributed by atoms with van der Waals surface area (Å²) in [6.07, 6.45) is 0.911. The van der Waals surface area contributed by atoms with Crippen LogP contribution in [0.3, 0.4) is 0 Å². The van der Waals surface area contributed by atoms with E-state index in [1.54, 1.807) is 0 Å². The van der Waals surface area contributed by atoms with Gasteiger partial charge < -0.3 is 4.42 Å². The number of hydrogen-bond acceptors (Lipinski definition) is 3. The maximum atomic E-state index is 6.61. The van der Waals surface area contributed by atoms with Gasteiger partial charge >= 0.3 is 0 Å². The lowest BCUT2D eigenvalue weighted by Crippen LogP contribution is -2.03. The number of aromatic nitrogens is 3. The molecule has 4 heteroatoms. The van der Waals surface area contributed by atoms with Crippen molar-refractivity contribution in [2.75, 3.05) is 0 Å². The molecule has 0 fully saturated rings.